The number of benzene rings is 2. The van der Waals surface area contributed by atoms with Gasteiger partial charge in [0, 0.05) is 23.0 Å². The molecular weight excluding hydrogens is 374 g/mol. The van der Waals surface area contributed by atoms with Crippen LogP contribution in [0.2, 0.25) is 0 Å². The topological polar surface area (TPSA) is 57.8 Å². The van der Waals surface area contributed by atoms with Crippen LogP contribution in [-0.2, 0) is 0 Å². The summed E-state index contributed by atoms with van der Waals surface area (Å²) >= 11 is 0. The maximum atomic E-state index is 13.3. The van der Waals surface area contributed by atoms with Gasteiger partial charge in [-0.15, -0.1) is 0 Å². The Morgan fingerprint density at radius 2 is 1.93 bits per heavy atom. The quantitative estimate of drug-likeness (QED) is 0.649. The minimum atomic E-state index is -0.222. The summed E-state index contributed by atoms with van der Waals surface area (Å²) in [7, 11) is 0. The number of aromatic hydroxyl groups is 1. The van der Waals surface area contributed by atoms with Gasteiger partial charge in [0.2, 0.25) is 5.88 Å². The molecule has 1 N–H and O–H groups in total. The number of pyridine rings is 1. The van der Waals surface area contributed by atoms with Crippen LogP contribution in [0.25, 0.3) is 16.5 Å². The van der Waals surface area contributed by atoms with Crippen molar-refractivity contribution in [2.24, 2.45) is 4.99 Å². The van der Waals surface area contributed by atoms with Crippen molar-refractivity contribution in [2.75, 3.05) is 19.6 Å². The van der Waals surface area contributed by atoms with Gasteiger partial charge >= 0.3 is 0 Å². The molecule has 1 saturated heterocycles. The normalized spacial score (nSPS) is 17.4. The van der Waals surface area contributed by atoms with E-state index in [4.69, 9.17) is 4.99 Å². The van der Waals surface area contributed by atoms with Crippen LogP contribution in [0.4, 0.5) is 0 Å². The summed E-state index contributed by atoms with van der Waals surface area (Å²) < 4.78 is 1.41. The molecule has 4 rings (SSSR count). The van der Waals surface area contributed by atoms with Crippen LogP contribution in [0.1, 0.15) is 36.5 Å². The highest BCUT2D eigenvalue weighted by Crippen LogP contribution is 2.27. The van der Waals surface area contributed by atoms with Gasteiger partial charge < -0.3 is 5.11 Å². The summed E-state index contributed by atoms with van der Waals surface area (Å²) in [5.41, 5.74) is 3.11. The summed E-state index contributed by atoms with van der Waals surface area (Å²) in [5, 5.41) is 12.5. The highest BCUT2D eigenvalue weighted by Gasteiger charge is 2.22. The van der Waals surface area contributed by atoms with Crippen molar-refractivity contribution >= 4 is 17.0 Å². The maximum absolute atomic E-state index is 13.3. The minimum Gasteiger partial charge on any atom is -0.494 e. The SMILES string of the molecule is CCN1CCC[C@H]1CN=Cc1c(O)n(-c2ccc(C)cc2C)c(=O)c2ccccc12. The van der Waals surface area contributed by atoms with Crippen LogP contribution in [0.5, 0.6) is 5.88 Å². The van der Waals surface area contributed by atoms with Gasteiger partial charge in [-0.05, 0) is 57.5 Å². The zero-order valence-corrected chi connectivity index (χ0v) is 17.9. The van der Waals surface area contributed by atoms with E-state index in [0.29, 0.717) is 29.2 Å². The Kier molecular flexibility index (Phi) is 5.73. The van der Waals surface area contributed by atoms with Crippen molar-refractivity contribution in [3.05, 3.63) is 69.5 Å². The van der Waals surface area contributed by atoms with Gasteiger partial charge in [-0.25, -0.2) is 4.57 Å². The molecule has 0 bridgehead atoms. The molecule has 0 spiro atoms. The van der Waals surface area contributed by atoms with Gasteiger partial charge in [-0.1, -0.05) is 42.8 Å². The number of aryl methyl sites for hydroxylation is 2. The summed E-state index contributed by atoms with van der Waals surface area (Å²) in [6.07, 6.45) is 4.10. The predicted octanol–water partition coefficient (Wildman–Crippen LogP) is 4.22. The molecule has 156 valence electrons. The van der Waals surface area contributed by atoms with Gasteiger partial charge in [-0.3, -0.25) is 14.7 Å². The molecule has 0 aliphatic carbocycles. The van der Waals surface area contributed by atoms with Crippen LogP contribution in [-0.4, -0.2) is 46.5 Å². The van der Waals surface area contributed by atoms with Gasteiger partial charge in [0.15, 0.2) is 0 Å². The van der Waals surface area contributed by atoms with Crippen LogP contribution < -0.4 is 5.56 Å². The molecule has 0 amide bonds. The van der Waals surface area contributed by atoms with Crippen molar-refractivity contribution in [2.45, 2.75) is 39.7 Å². The number of nitrogens with zero attached hydrogens (tertiary/aromatic N) is 3. The molecule has 30 heavy (non-hydrogen) atoms. The monoisotopic (exact) mass is 403 g/mol. The third-order valence-corrected chi connectivity index (χ3v) is 6.14. The van der Waals surface area contributed by atoms with E-state index in [1.54, 1.807) is 6.21 Å². The summed E-state index contributed by atoms with van der Waals surface area (Å²) in [6.45, 7) is 9.01. The number of hydrogen-bond donors (Lipinski definition) is 1. The van der Waals surface area contributed by atoms with Crippen LogP contribution in [0, 0.1) is 13.8 Å². The van der Waals surface area contributed by atoms with Crippen LogP contribution in [0.15, 0.2) is 52.3 Å². The van der Waals surface area contributed by atoms with Crippen molar-refractivity contribution in [1.29, 1.82) is 0 Å². The number of fused-ring (bicyclic) bond motifs is 1. The first-order valence-corrected chi connectivity index (χ1v) is 10.7. The molecule has 1 aliphatic heterocycles. The average molecular weight is 404 g/mol. The molecule has 5 heteroatoms. The maximum Gasteiger partial charge on any atom is 0.265 e. The lowest BCUT2D eigenvalue weighted by Crippen LogP contribution is -2.31. The Bertz CT molecular complexity index is 1160. The zero-order chi connectivity index (χ0) is 21.3. The van der Waals surface area contributed by atoms with E-state index in [1.807, 2.05) is 56.3 Å². The molecule has 0 radical (unpaired) electrons. The number of likely N-dealkylation sites (N-methyl/N-ethyl adjacent to an activating group) is 1. The highest BCUT2D eigenvalue weighted by atomic mass is 16.3. The molecule has 1 aromatic heterocycles. The molecule has 2 aromatic carbocycles. The number of likely N-dealkylation sites (tertiary alicyclic amines) is 1. The van der Waals surface area contributed by atoms with E-state index >= 15 is 0 Å². The Balaban J connectivity index is 1.83. The fraction of sp³-hybridized carbons (Fsp3) is 0.360. The fourth-order valence-corrected chi connectivity index (χ4v) is 4.55. The second kappa shape index (κ2) is 8.44. The molecule has 0 unspecified atom stereocenters. The van der Waals surface area contributed by atoms with Crippen molar-refractivity contribution in [3.8, 4) is 11.6 Å². The minimum absolute atomic E-state index is 0.0619. The van der Waals surface area contributed by atoms with Crippen molar-refractivity contribution < 1.29 is 5.11 Å². The number of aromatic nitrogens is 1. The first-order chi connectivity index (χ1) is 14.5. The Labute approximate surface area is 177 Å². The molecule has 1 fully saturated rings. The van der Waals surface area contributed by atoms with Gasteiger partial charge in [-0.2, -0.15) is 0 Å². The first kappa shape index (κ1) is 20.4. The molecule has 3 aromatic rings. The van der Waals surface area contributed by atoms with Crippen molar-refractivity contribution in [3.63, 3.8) is 0 Å². The van der Waals surface area contributed by atoms with Gasteiger partial charge in [0.25, 0.3) is 5.56 Å². The Hall–Kier alpha value is -2.92. The van der Waals surface area contributed by atoms with E-state index in [0.717, 1.165) is 36.0 Å². The number of rotatable bonds is 5. The Morgan fingerprint density at radius 3 is 2.67 bits per heavy atom. The van der Waals surface area contributed by atoms with Crippen LogP contribution >= 0.6 is 0 Å². The average Bonchev–Trinajstić information content (AvgIpc) is 3.19. The number of aliphatic imine (C=N–C) groups is 1. The van der Waals surface area contributed by atoms with E-state index < -0.39 is 0 Å². The predicted molar refractivity (Wildman–Crippen MR) is 123 cm³/mol. The van der Waals surface area contributed by atoms with Crippen LogP contribution in [0.3, 0.4) is 0 Å². The van der Waals surface area contributed by atoms with E-state index in [2.05, 4.69) is 11.8 Å². The molecular formula is C25H29N3O2. The standard InChI is InChI=1S/C25H29N3O2/c1-4-27-13-7-8-19(27)15-26-16-22-20-9-5-6-10-21(20)24(29)28(25(22)30)23-12-11-17(2)14-18(23)3/h5-6,9-12,14,16,19,30H,4,7-8,13,15H2,1-3H3/t19-/m0/s1. The Morgan fingerprint density at radius 1 is 1.17 bits per heavy atom. The van der Waals surface area contributed by atoms with Gasteiger partial charge in [0.05, 0.1) is 17.8 Å². The summed E-state index contributed by atoms with van der Waals surface area (Å²) in [6, 6.07) is 13.7. The summed E-state index contributed by atoms with van der Waals surface area (Å²) in [5.74, 6) is -0.0619. The van der Waals surface area contributed by atoms with E-state index in [-0.39, 0.29) is 11.4 Å². The van der Waals surface area contributed by atoms with Gasteiger partial charge in [0.1, 0.15) is 0 Å². The second-order valence-corrected chi connectivity index (χ2v) is 8.13. The lowest BCUT2D eigenvalue weighted by Gasteiger charge is -2.20. The lowest BCUT2D eigenvalue weighted by atomic mass is 10.1. The largest absolute Gasteiger partial charge is 0.494 e. The molecule has 1 atom stereocenters. The first-order valence-electron chi connectivity index (χ1n) is 10.7. The highest BCUT2D eigenvalue weighted by molar-refractivity contribution is 6.01. The van der Waals surface area contributed by atoms with E-state index in [1.165, 1.54) is 11.0 Å². The van der Waals surface area contributed by atoms with E-state index in [9.17, 15) is 9.90 Å². The third-order valence-electron chi connectivity index (χ3n) is 6.14. The second-order valence-electron chi connectivity index (χ2n) is 8.13. The lowest BCUT2D eigenvalue weighted by molar-refractivity contribution is 0.273. The zero-order valence-electron chi connectivity index (χ0n) is 17.9. The fourth-order valence-electron chi connectivity index (χ4n) is 4.55. The smallest absolute Gasteiger partial charge is 0.265 e. The third kappa shape index (κ3) is 3.65. The molecule has 5 nitrogen and oxygen atoms in total. The molecule has 1 aliphatic rings. The van der Waals surface area contributed by atoms with Crippen molar-refractivity contribution in [1.82, 2.24) is 9.47 Å². The molecule has 0 saturated carbocycles. The summed E-state index contributed by atoms with van der Waals surface area (Å²) in [4.78, 5) is 20.4. The number of hydrogen-bond acceptors (Lipinski definition) is 4. The molecule has 2 heterocycles.